The molecule has 1 atom stereocenters. The van der Waals surface area contributed by atoms with Crippen LogP contribution in [0.3, 0.4) is 0 Å². The Morgan fingerprint density at radius 3 is 2.67 bits per heavy atom. The summed E-state index contributed by atoms with van der Waals surface area (Å²) in [5.74, 6) is 0.849. The summed E-state index contributed by atoms with van der Waals surface area (Å²) in [5, 5.41) is 0. The molecule has 1 unspecified atom stereocenters. The van der Waals surface area contributed by atoms with Crippen molar-refractivity contribution >= 4 is 6.29 Å². The van der Waals surface area contributed by atoms with Gasteiger partial charge < -0.3 is 9.47 Å². The highest BCUT2D eigenvalue weighted by Gasteiger charge is 2.43. The number of carbonyl (C=O) groups excluding carboxylic acids is 1. The standard InChI is InChI=1S/C15H18O3/c16-11-12-2-4-13(5-3-12)18-14-6-9-17-15(10-14)7-1-8-15/h2-5,11,14H,1,6-10H2. The molecule has 1 aromatic rings. The summed E-state index contributed by atoms with van der Waals surface area (Å²) in [7, 11) is 0. The van der Waals surface area contributed by atoms with Crippen molar-refractivity contribution in [2.75, 3.05) is 6.61 Å². The van der Waals surface area contributed by atoms with Crippen LogP contribution in [0.15, 0.2) is 24.3 Å². The van der Waals surface area contributed by atoms with Gasteiger partial charge in [0.1, 0.15) is 18.1 Å². The van der Waals surface area contributed by atoms with Gasteiger partial charge in [-0.2, -0.15) is 0 Å². The molecule has 0 radical (unpaired) electrons. The maximum Gasteiger partial charge on any atom is 0.150 e. The van der Waals surface area contributed by atoms with E-state index in [4.69, 9.17) is 9.47 Å². The van der Waals surface area contributed by atoms with Crippen molar-refractivity contribution in [2.45, 2.75) is 43.8 Å². The molecule has 96 valence electrons. The van der Waals surface area contributed by atoms with Gasteiger partial charge in [0.15, 0.2) is 0 Å². The minimum Gasteiger partial charge on any atom is -0.490 e. The summed E-state index contributed by atoms with van der Waals surface area (Å²) >= 11 is 0. The Hall–Kier alpha value is -1.35. The summed E-state index contributed by atoms with van der Waals surface area (Å²) in [6.45, 7) is 0.803. The van der Waals surface area contributed by atoms with E-state index >= 15 is 0 Å². The third-order valence-electron chi connectivity index (χ3n) is 4.03. The van der Waals surface area contributed by atoms with Crippen molar-refractivity contribution in [3.8, 4) is 5.75 Å². The van der Waals surface area contributed by atoms with E-state index in [-0.39, 0.29) is 11.7 Å². The van der Waals surface area contributed by atoms with Gasteiger partial charge in [-0.05, 0) is 43.5 Å². The number of carbonyl (C=O) groups is 1. The fourth-order valence-corrected chi connectivity index (χ4v) is 2.82. The lowest BCUT2D eigenvalue weighted by molar-refractivity contribution is -0.153. The maximum atomic E-state index is 10.6. The SMILES string of the molecule is O=Cc1ccc(OC2CCOC3(CCC3)C2)cc1. The monoisotopic (exact) mass is 246 g/mol. The zero-order chi connectivity index (χ0) is 12.4. The first-order valence-electron chi connectivity index (χ1n) is 6.66. The zero-order valence-electron chi connectivity index (χ0n) is 10.4. The molecule has 2 fully saturated rings. The maximum absolute atomic E-state index is 10.6. The van der Waals surface area contributed by atoms with Crippen LogP contribution in [0.4, 0.5) is 0 Å². The average molecular weight is 246 g/mol. The van der Waals surface area contributed by atoms with E-state index in [1.165, 1.54) is 19.3 Å². The minimum atomic E-state index is 0.117. The van der Waals surface area contributed by atoms with E-state index in [1.54, 1.807) is 12.1 Å². The van der Waals surface area contributed by atoms with Crippen molar-refractivity contribution in [1.29, 1.82) is 0 Å². The Morgan fingerprint density at radius 2 is 2.06 bits per heavy atom. The number of hydrogen-bond donors (Lipinski definition) is 0. The third kappa shape index (κ3) is 2.27. The summed E-state index contributed by atoms with van der Waals surface area (Å²) < 4.78 is 11.9. The molecule has 0 amide bonds. The Kier molecular flexibility index (Phi) is 3.08. The highest BCUT2D eigenvalue weighted by molar-refractivity contribution is 5.74. The van der Waals surface area contributed by atoms with Gasteiger partial charge in [-0.1, -0.05) is 0 Å². The van der Waals surface area contributed by atoms with Crippen LogP contribution < -0.4 is 4.74 Å². The molecule has 0 aromatic heterocycles. The molecular weight excluding hydrogens is 228 g/mol. The van der Waals surface area contributed by atoms with Gasteiger partial charge >= 0.3 is 0 Å². The Balaban J connectivity index is 1.62. The quantitative estimate of drug-likeness (QED) is 0.769. The second-order valence-electron chi connectivity index (χ2n) is 5.30. The lowest BCUT2D eigenvalue weighted by Gasteiger charge is -2.46. The lowest BCUT2D eigenvalue weighted by atomic mass is 9.74. The van der Waals surface area contributed by atoms with E-state index in [9.17, 15) is 4.79 Å². The van der Waals surface area contributed by atoms with Crippen LogP contribution in [-0.4, -0.2) is 24.6 Å². The lowest BCUT2D eigenvalue weighted by Crippen LogP contribution is -2.48. The molecule has 3 nitrogen and oxygen atoms in total. The first-order chi connectivity index (χ1) is 8.80. The molecular formula is C15H18O3. The van der Waals surface area contributed by atoms with Crippen molar-refractivity contribution in [3.05, 3.63) is 29.8 Å². The summed E-state index contributed by atoms with van der Waals surface area (Å²) in [5.41, 5.74) is 0.802. The van der Waals surface area contributed by atoms with E-state index in [1.807, 2.05) is 12.1 Å². The molecule has 0 bridgehead atoms. The number of benzene rings is 1. The first-order valence-corrected chi connectivity index (χ1v) is 6.66. The van der Waals surface area contributed by atoms with Gasteiger partial charge in [0.25, 0.3) is 0 Å². The Morgan fingerprint density at radius 1 is 1.28 bits per heavy atom. The van der Waals surface area contributed by atoms with Crippen molar-refractivity contribution in [2.24, 2.45) is 0 Å². The second-order valence-corrected chi connectivity index (χ2v) is 5.30. The normalized spacial score (nSPS) is 25.4. The smallest absolute Gasteiger partial charge is 0.150 e. The van der Waals surface area contributed by atoms with Crippen molar-refractivity contribution < 1.29 is 14.3 Å². The van der Waals surface area contributed by atoms with Crippen molar-refractivity contribution in [1.82, 2.24) is 0 Å². The third-order valence-corrected chi connectivity index (χ3v) is 4.03. The van der Waals surface area contributed by atoms with E-state index in [0.717, 1.165) is 31.5 Å². The van der Waals surface area contributed by atoms with E-state index in [2.05, 4.69) is 0 Å². The molecule has 18 heavy (non-hydrogen) atoms. The van der Waals surface area contributed by atoms with Crippen LogP contribution in [0.5, 0.6) is 5.75 Å². The molecule has 1 aromatic carbocycles. The second kappa shape index (κ2) is 4.73. The Labute approximate surface area is 107 Å². The minimum absolute atomic E-state index is 0.117. The molecule has 3 rings (SSSR count). The van der Waals surface area contributed by atoms with Crippen molar-refractivity contribution in [3.63, 3.8) is 0 Å². The van der Waals surface area contributed by atoms with E-state index < -0.39 is 0 Å². The van der Waals surface area contributed by atoms with Gasteiger partial charge in [0.2, 0.25) is 0 Å². The largest absolute Gasteiger partial charge is 0.490 e. The molecule has 1 saturated heterocycles. The Bertz CT molecular complexity index is 420. The number of ether oxygens (including phenoxy) is 2. The van der Waals surface area contributed by atoms with Crippen LogP contribution >= 0.6 is 0 Å². The zero-order valence-corrected chi connectivity index (χ0v) is 10.4. The molecule has 0 N–H and O–H groups in total. The van der Waals surface area contributed by atoms with Crippen LogP contribution in [0, 0.1) is 0 Å². The first kappa shape index (κ1) is 11.7. The van der Waals surface area contributed by atoms with Gasteiger partial charge in [0.05, 0.1) is 12.2 Å². The van der Waals surface area contributed by atoms with Gasteiger partial charge in [-0.15, -0.1) is 0 Å². The van der Waals surface area contributed by atoms with E-state index in [0.29, 0.717) is 5.56 Å². The summed E-state index contributed by atoms with van der Waals surface area (Å²) in [6, 6.07) is 7.32. The number of hydrogen-bond acceptors (Lipinski definition) is 3. The van der Waals surface area contributed by atoms with Gasteiger partial charge in [-0.25, -0.2) is 0 Å². The van der Waals surface area contributed by atoms with Crippen LogP contribution in [0.2, 0.25) is 0 Å². The fraction of sp³-hybridized carbons (Fsp3) is 0.533. The number of aldehydes is 1. The van der Waals surface area contributed by atoms with Gasteiger partial charge in [-0.3, -0.25) is 4.79 Å². The molecule has 1 heterocycles. The van der Waals surface area contributed by atoms with Gasteiger partial charge in [0, 0.05) is 18.4 Å². The molecule has 3 heteroatoms. The molecule has 1 spiro atoms. The molecule has 1 aliphatic heterocycles. The fourth-order valence-electron chi connectivity index (χ4n) is 2.82. The molecule has 1 aliphatic carbocycles. The van der Waals surface area contributed by atoms with Crippen LogP contribution in [0.25, 0.3) is 0 Å². The molecule has 1 saturated carbocycles. The van der Waals surface area contributed by atoms with Crippen LogP contribution in [0.1, 0.15) is 42.5 Å². The average Bonchev–Trinajstić information content (AvgIpc) is 2.38. The topological polar surface area (TPSA) is 35.5 Å². The summed E-state index contributed by atoms with van der Waals surface area (Å²) in [4.78, 5) is 10.6. The highest BCUT2D eigenvalue weighted by Crippen LogP contribution is 2.43. The summed E-state index contributed by atoms with van der Waals surface area (Å²) in [6.07, 6.45) is 6.69. The van der Waals surface area contributed by atoms with Crippen LogP contribution in [-0.2, 0) is 4.74 Å². The molecule has 2 aliphatic rings. The predicted molar refractivity (Wildman–Crippen MR) is 68.0 cm³/mol. The highest BCUT2D eigenvalue weighted by atomic mass is 16.5. The number of rotatable bonds is 3. The predicted octanol–water partition coefficient (Wildman–Crippen LogP) is 2.98.